The van der Waals surface area contributed by atoms with Crippen LogP contribution in [0.15, 0.2) is 46.8 Å². The van der Waals surface area contributed by atoms with Gasteiger partial charge in [-0.2, -0.15) is 0 Å². The number of benzene rings is 1. The molecule has 1 aliphatic heterocycles. The average Bonchev–Trinajstić information content (AvgIpc) is 2.99. The van der Waals surface area contributed by atoms with Crippen molar-refractivity contribution in [2.45, 2.75) is 43.4 Å². The van der Waals surface area contributed by atoms with Gasteiger partial charge in [-0.1, -0.05) is 38.0 Å². The molecule has 2 heterocycles. The highest BCUT2D eigenvalue weighted by Crippen LogP contribution is 2.37. The molecular weight excluding hydrogens is 322 g/mol. The summed E-state index contributed by atoms with van der Waals surface area (Å²) in [6.07, 6.45) is 9.04. The normalized spacial score (nSPS) is 13.3. The zero-order valence-corrected chi connectivity index (χ0v) is 15.1. The number of allylic oxidation sites excluding steroid dienone is 1. The fourth-order valence-corrected chi connectivity index (χ4v) is 5.06. The molecule has 0 fully saturated rings. The lowest BCUT2D eigenvalue weighted by atomic mass is 10.0. The average molecular weight is 346 g/mol. The molecule has 1 N–H and O–H groups in total. The van der Waals surface area contributed by atoms with Crippen LogP contribution in [0.2, 0.25) is 0 Å². The maximum absolute atomic E-state index is 10.2. The van der Waals surface area contributed by atoms with Gasteiger partial charge in [-0.3, -0.25) is 0 Å². The van der Waals surface area contributed by atoms with Crippen LogP contribution in [0.1, 0.15) is 36.6 Å². The second-order valence-corrected chi connectivity index (χ2v) is 8.34. The summed E-state index contributed by atoms with van der Waals surface area (Å²) in [5, 5.41) is 10.2. The van der Waals surface area contributed by atoms with Crippen LogP contribution >= 0.6 is 23.1 Å². The molecule has 1 aromatic heterocycles. The third kappa shape index (κ3) is 4.12. The van der Waals surface area contributed by atoms with Gasteiger partial charge in [0, 0.05) is 11.1 Å². The molecule has 4 heteroatoms. The number of hydrogen-bond donors (Lipinski definition) is 1. The van der Waals surface area contributed by atoms with E-state index >= 15 is 0 Å². The van der Waals surface area contributed by atoms with Crippen LogP contribution in [0.3, 0.4) is 0 Å². The van der Waals surface area contributed by atoms with Gasteiger partial charge in [0.1, 0.15) is 5.75 Å². The zero-order valence-electron chi connectivity index (χ0n) is 13.5. The number of fused-ring (bicyclic) bond motifs is 1. The van der Waals surface area contributed by atoms with E-state index in [0.717, 1.165) is 18.7 Å². The minimum absolute atomic E-state index is 0.373. The number of rotatable bonds is 7. The second-order valence-electron chi connectivity index (χ2n) is 5.78. The monoisotopic (exact) mass is 345 g/mol. The molecule has 0 aliphatic carbocycles. The van der Waals surface area contributed by atoms with Crippen molar-refractivity contribution in [2.75, 3.05) is 10.7 Å². The predicted molar refractivity (Wildman–Crippen MR) is 102 cm³/mol. The summed E-state index contributed by atoms with van der Waals surface area (Å²) in [4.78, 5) is 3.50. The smallest absolute Gasteiger partial charge is 0.139 e. The molecule has 0 radical (unpaired) electrons. The number of nitrogens with zero attached hydrogens (tertiary/aromatic N) is 1. The number of thiophene rings is 1. The van der Waals surface area contributed by atoms with Gasteiger partial charge in [0.05, 0.1) is 16.4 Å². The van der Waals surface area contributed by atoms with Crippen LogP contribution in [-0.4, -0.2) is 10.9 Å². The molecule has 0 saturated heterocycles. The van der Waals surface area contributed by atoms with Gasteiger partial charge in [-0.25, -0.2) is 0 Å². The van der Waals surface area contributed by atoms with Crippen molar-refractivity contribution < 1.29 is 5.11 Å². The van der Waals surface area contributed by atoms with Gasteiger partial charge in [-0.05, 0) is 42.4 Å². The molecular formula is C19H23NOS2. The quantitative estimate of drug-likeness (QED) is 0.506. The van der Waals surface area contributed by atoms with Crippen molar-refractivity contribution >= 4 is 28.8 Å². The number of para-hydroxylation sites is 1. The van der Waals surface area contributed by atoms with E-state index in [1.54, 1.807) is 6.07 Å². The van der Waals surface area contributed by atoms with E-state index in [4.69, 9.17) is 0 Å². The highest BCUT2D eigenvalue weighted by Gasteiger charge is 2.17. The summed E-state index contributed by atoms with van der Waals surface area (Å²) in [6.45, 7) is 3.06. The molecule has 2 aromatic rings. The lowest BCUT2D eigenvalue weighted by Crippen LogP contribution is -2.19. The summed E-state index contributed by atoms with van der Waals surface area (Å²) in [5.74, 6) is 1.58. The van der Waals surface area contributed by atoms with Crippen molar-refractivity contribution in [2.24, 2.45) is 0 Å². The molecule has 1 aliphatic rings. The highest BCUT2D eigenvalue weighted by atomic mass is 32.2. The maximum Gasteiger partial charge on any atom is 0.139 e. The Morgan fingerprint density at radius 3 is 3.00 bits per heavy atom. The largest absolute Gasteiger partial charge is 0.506 e. The van der Waals surface area contributed by atoms with Crippen LogP contribution in [0, 0.1) is 0 Å². The van der Waals surface area contributed by atoms with Crippen LogP contribution < -0.4 is 4.90 Å². The van der Waals surface area contributed by atoms with E-state index in [0.29, 0.717) is 5.75 Å². The van der Waals surface area contributed by atoms with E-state index in [-0.39, 0.29) is 0 Å². The topological polar surface area (TPSA) is 23.5 Å². The van der Waals surface area contributed by atoms with E-state index in [9.17, 15) is 5.11 Å². The highest BCUT2D eigenvalue weighted by molar-refractivity contribution is 8.01. The summed E-state index contributed by atoms with van der Waals surface area (Å²) < 4.78 is 1.40. The van der Waals surface area contributed by atoms with E-state index in [1.165, 1.54) is 39.7 Å². The number of anilines is 1. The summed E-state index contributed by atoms with van der Waals surface area (Å²) in [5.41, 5.74) is 2.15. The Balaban J connectivity index is 1.65. The molecule has 23 heavy (non-hydrogen) atoms. The first-order valence-corrected chi connectivity index (χ1v) is 10.0. The molecule has 0 atom stereocenters. The number of unbranched alkanes of at least 4 members (excludes halogenated alkanes) is 2. The first kappa shape index (κ1) is 16.5. The Kier molecular flexibility index (Phi) is 5.68. The van der Waals surface area contributed by atoms with Gasteiger partial charge in [0.2, 0.25) is 0 Å². The van der Waals surface area contributed by atoms with Crippen molar-refractivity contribution in [1.82, 2.24) is 0 Å². The molecule has 0 unspecified atom stereocenters. The lowest BCUT2D eigenvalue weighted by Gasteiger charge is -2.26. The lowest BCUT2D eigenvalue weighted by molar-refractivity contribution is 0.474. The van der Waals surface area contributed by atoms with E-state index in [1.807, 2.05) is 29.2 Å². The summed E-state index contributed by atoms with van der Waals surface area (Å²) in [7, 11) is 0. The van der Waals surface area contributed by atoms with Gasteiger partial charge < -0.3 is 10.0 Å². The number of phenolic OH excluding ortho intramolecular Hbond substituents is 1. The van der Waals surface area contributed by atoms with Crippen LogP contribution in [0.5, 0.6) is 5.75 Å². The summed E-state index contributed by atoms with van der Waals surface area (Å²) in [6, 6.07) is 10.2. The SMILES string of the molecule is CCCCCSc1ccc(CN2C=CCc3cccc(O)c32)s1. The standard InChI is InChI=1S/C19H23NOS2/c1-2-3-4-13-22-18-11-10-16(23-18)14-20-12-6-8-15-7-5-9-17(21)19(15)20/h5-7,9-12,21H,2-4,8,13-14H2,1H3. The first-order valence-electron chi connectivity index (χ1n) is 8.23. The Labute approximate surface area is 146 Å². The van der Waals surface area contributed by atoms with Gasteiger partial charge in [0.15, 0.2) is 0 Å². The Bertz CT molecular complexity index is 678. The van der Waals surface area contributed by atoms with Crippen molar-refractivity contribution in [3.8, 4) is 5.75 Å². The molecule has 2 nitrogen and oxygen atoms in total. The predicted octanol–water partition coefficient (Wildman–Crippen LogP) is 5.81. The zero-order chi connectivity index (χ0) is 16.1. The molecule has 0 bridgehead atoms. The second kappa shape index (κ2) is 7.93. The number of hydrogen-bond acceptors (Lipinski definition) is 4. The van der Waals surface area contributed by atoms with Crippen molar-refractivity contribution in [3.05, 3.63) is 53.0 Å². The fraction of sp³-hybridized carbons (Fsp3) is 0.368. The van der Waals surface area contributed by atoms with Crippen LogP contribution in [-0.2, 0) is 13.0 Å². The number of thioether (sulfide) groups is 1. The molecule has 0 amide bonds. The van der Waals surface area contributed by atoms with Gasteiger partial charge >= 0.3 is 0 Å². The Hall–Kier alpha value is -1.39. The minimum Gasteiger partial charge on any atom is -0.506 e. The Morgan fingerprint density at radius 1 is 1.22 bits per heavy atom. The van der Waals surface area contributed by atoms with E-state index in [2.05, 4.69) is 42.3 Å². The fourth-order valence-electron chi connectivity index (χ4n) is 2.80. The maximum atomic E-state index is 10.2. The van der Waals surface area contributed by atoms with E-state index < -0.39 is 0 Å². The first-order chi connectivity index (χ1) is 11.3. The van der Waals surface area contributed by atoms with Crippen LogP contribution in [0.4, 0.5) is 5.69 Å². The number of phenols is 1. The van der Waals surface area contributed by atoms with Crippen LogP contribution in [0.25, 0.3) is 0 Å². The molecule has 122 valence electrons. The molecule has 3 rings (SSSR count). The minimum atomic E-state index is 0.373. The molecule has 1 aromatic carbocycles. The molecule has 0 saturated carbocycles. The van der Waals surface area contributed by atoms with Gasteiger partial charge in [-0.15, -0.1) is 23.1 Å². The third-order valence-corrected chi connectivity index (χ3v) is 6.35. The van der Waals surface area contributed by atoms with Crippen molar-refractivity contribution in [3.63, 3.8) is 0 Å². The van der Waals surface area contributed by atoms with Crippen molar-refractivity contribution in [1.29, 1.82) is 0 Å². The van der Waals surface area contributed by atoms with Gasteiger partial charge in [0.25, 0.3) is 0 Å². The molecule has 0 spiro atoms. The summed E-state index contributed by atoms with van der Waals surface area (Å²) >= 11 is 3.84. The number of aromatic hydroxyl groups is 1. The Morgan fingerprint density at radius 2 is 2.13 bits per heavy atom. The third-order valence-electron chi connectivity index (χ3n) is 3.96.